The minimum atomic E-state index is -0.552. The molecule has 0 aromatic heterocycles. The quantitative estimate of drug-likeness (QED) is 0.943. The van der Waals surface area contributed by atoms with Crippen molar-refractivity contribution in [3.05, 3.63) is 65.0 Å². The smallest absolute Gasteiger partial charge is 0.251 e. The summed E-state index contributed by atoms with van der Waals surface area (Å²) in [4.78, 5) is 26.5. The molecule has 3 rings (SSSR count). The molecule has 1 atom stereocenters. The molecular formula is C19H19FN2O2. The molecule has 1 N–H and O–H groups in total. The molecule has 4 nitrogen and oxygen atoms in total. The van der Waals surface area contributed by atoms with Crippen LogP contribution in [0, 0.1) is 19.7 Å². The van der Waals surface area contributed by atoms with E-state index >= 15 is 0 Å². The van der Waals surface area contributed by atoms with E-state index in [4.69, 9.17) is 0 Å². The standard InChI is InChI=1S/C19H19FN2O2/c1-12-3-8-16(11-13(12)2)22-10-9-17(19(22)24)21-18(23)14-4-6-15(20)7-5-14/h3-8,11,17H,9-10H2,1-2H3,(H,21,23)/t17-/m1/s1. The van der Waals surface area contributed by atoms with Gasteiger partial charge in [0.1, 0.15) is 11.9 Å². The molecule has 0 unspecified atom stereocenters. The maximum absolute atomic E-state index is 12.9. The van der Waals surface area contributed by atoms with Crippen LogP contribution in [0.5, 0.6) is 0 Å². The van der Waals surface area contributed by atoms with Crippen LogP contribution in [-0.2, 0) is 4.79 Å². The first-order chi connectivity index (χ1) is 11.5. The predicted octanol–water partition coefficient (Wildman–Crippen LogP) is 2.98. The van der Waals surface area contributed by atoms with E-state index in [1.165, 1.54) is 29.8 Å². The van der Waals surface area contributed by atoms with Crippen LogP contribution < -0.4 is 10.2 Å². The predicted molar refractivity (Wildman–Crippen MR) is 90.5 cm³/mol. The van der Waals surface area contributed by atoms with Crippen molar-refractivity contribution in [3.63, 3.8) is 0 Å². The lowest BCUT2D eigenvalue weighted by Gasteiger charge is -2.18. The average molecular weight is 326 g/mol. The Bertz CT molecular complexity index is 786. The Balaban J connectivity index is 1.70. The molecule has 2 amide bonds. The van der Waals surface area contributed by atoms with Crippen molar-refractivity contribution in [2.45, 2.75) is 26.3 Å². The first-order valence-electron chi connectivity index (χ1n) is 7.91. The van der Waals surface area contributed by atoms with Gasteiger partial charge in [-0.05, 0) is 67.8 Å². The van der Waals surface area contributed by atoms with Crippen molar-refractivity contribution in [1.82, 2.24) is 5.32 Å². The van der Waals surface area contributed by atoms with E-state index in [0.29, 0.717) is 18.5 Å². The second-order valence-electron chi connectivity index (χ2n) is 6.08. The van der Waals surface area contributed by atoms with Gasteiger partial charge in [0.15, 0.2) is 0 Å². The maximum atomic E-state index is 12.9. The molecule has 124 valence electrons. The summed E-state index contributed by atoms with van der Waals surface area (Å²) < 4.78 is 12.9. The molecular weight excluding hydrogens is 307 g/mol. The lowest BCUT2D eigenvalue weighted by molar-refractivity contribution is -0.118. The lowest BCUT2D eigenvalue weighted by Crippen LogP contribution is -2.41. The monoisotopic (exact) mass is 326 g/mol. The van der Waals surface area contributed by atoms with E-state index in [0.717, 1.165) is 11.3 Å². The highest BCUT2D eigenvalue weighted by Gasteiger charge is 2.33. The first-order valence-corrected chi connectivity index (χ1v) is 7.91. The summed E-state index contributed by atoms with van der Waals surface area (Å²) >= 11 is 0. The van der Waals surface area contributed by atoms with Gasteiger partial charge in [-0.25, -0.2) is 4.39 Å². The van der Waals surface area contributed by atoms with Crippen LogP contribution in [0.3, 0.4) is 0 Å². The van der Waals surface area contributed by atoms with Crippen molar-refractivity contribution in [2.75, 3.05) is 11.4 Å². The van der Waals surface area contributed by atoms with Gasteiger partial charge in [-0.2, -0.15) is 0 Å². The summed E-state index contributed by atoms with van der Waals surface area (Å²) in [5.74, 6) is -0.881. The average Bonchev–Trinajstić information content (AvgIpc) is 2.91. The fourth-order valence-corrected chi connectivity index (χ4v) is 2.81. The topological polar surface area (TPSA) is 49.4 Å². The largest absolute Gasteiger partial charge is 0.340 e. The van der Waals surface area contributed by atoms with Crippen LogP contribution in [0.4, 0.5) is 10.1 Å². The minimum Gasteiger partial charge on any atom is -0.340 e. The van der Waals surface area contributed by atoms with Crippen LogP contribution in [0.25, 0.3) is 0 Å². The second-order valence-corrected chi connectivity index (χ2v) is 6.08. The molecule has 1 aliphatic rings. The van der Waals surface area contributed by atoms with Crippen molar-refractivity contribution in [2.24, 2.45) is 0 Å². The summed E-state index contributed by atoms with van der Waals surface area (Å²) in [7, 11) is 0. The highest BCUT2D eigenvalue weighted by atomic mass is 19.1. The molecule has 1 aliphatic heterocycles. The molecule has 0 saturated carbocycles. The number of rotatable bonds is 3. The zero-order chi connectivity index (χ0) is 17.3. The number of nitrogens with one attached hydrogen (secondary N) is 1. The summed E-state index contributed by atoms with van der Waals surface area (Å²) in [6, 6.07) is 10.6. The van der Waals surface area contributed by atoms with E-state index in [2.05, 4.69) is 5.32 Å². The Hall–Kier alpha value is -2.69. The van der Waals surface area contributed by atoms with Crippen LogP contribution in [0.1, 0.15) is 27.9 Å². The van der Waals surface area contributed by atoms with Crippen LogP contribution in [-0.4, -0.2) is 24.4 Å². The van der Waals surface area contributed by atoms with Gasteiger partial charge < -0.3 is 10.2 Å². The Morgan fingerprint density at radius 3 is 2.50 bits per heavy atom. The third kappa shape index (κ3) is 3.15. The molecule has 2 aromatic carbocycles. The number of amides is 2. The number of nitrogens with zero attached hydrogens (tertiary/aromatic N) is 1. The van der Waals surface area contributed by atoms with Gasteiger partial charge in [0.05, 0.1) is 0 Å². The maximum Gasteiger partial charge on any atom is 0.251 e. The highest BCUT2D eigenvalue weighted by molar-refractivity contribution is 6.03. The Morgan fingerprint density at radius 2 is 1.83 bits per heavy atom. The Kier molecular flexibility index (Phi) is 4.34. The number of halogens is 1. The molecule has 0 spiro atoms. The molecule has 1 saturated heterocycles. The van der Waals surface area contributed by atoms with E-state index in [1.54, 1.807) is 4.90 Å². The van der Waals surface area contributed by atoms with Crippen LogP contribution in [0.2, 0.25) is 0 Å². The van der Waals surface area contributed by atoms with Gasteiger partial charge in [0.2, 0.25) is 5.91 Å². The number of hydrogen-bond acceptors (Lipinski definition) is 2. The van der Waals surface area contributed by atoms with Crippen molar-refractivity contribution >= 4 is 17.5 Å². The van der Waals surface area contributed by atoms with E-state index < -0.39 is 11.9 Å². The normalized spacial score (nSPS) is 17.2. The second kappa shape index (κ2) is 6.43. The SMILES string of the molecule is Cc1ccc(N2CC[C@@H](NC(=O)c3ccc(F)cc3)C2=O)cc1C. The number of benzene rings is 2. The minimum absolute atomic E-state index is 0.117. The zero-order valence-corrected chi connectivity index (χ0v) is 13.7. The van der Waals surface area contributed by atoms with Gasteiger partial charge in [-0.3, -0.25) is 9.59 Å². The molecule has 0 radical (unpaired) electrons. The number of carbonyl (C=O) groups excluding carboxylic acids is 2. The summed E-state index contributed by atoms with van der Waals surface area (Å²) in [5.41, 5.74) is 3.49. The van der Waals surface area contributed by atoms with Gasteiger partial charge in [-0.1, -0.05) is 6.07 Å². The molecule has 5 heteroatoms. The van der Waals surface area contributed by atoms with Crippen LogP contribution in [0.15, 0.2) is 42.5 Å². The molecule has 1 fully saturated rings. The molecule has 24 heavy (non-hydrogen) atoms. The lowest BCUT2D eigenvalue weighted by atomic mass is 10.1. The molecule has 0 aliphatic carbocycles. The third-order valence-corrected chi connectivity index (χ3v) is 4.42. The number of aryl methyl sites for hydroxylation is 2. The Morgan fingerprint density at radius 1 is 1.12 bits per heavy atom. The van der Waals surface area contributed by atoms with Crippen molar-refractivity contribution in [3.8, 4) is 0 Å². The van der Waals surface area contributed by atoms with E-state index in [-0.39, 0.29) is 11.8 Å². The number of anilines is 1. The summed E-state index contributed by atoms with van der Waals surface area (Å²) in [5, 5.41) is 2.74. The van der Waals surface area contributed by atoms with Gasteiger partial charge in [0.25, 0.3) is 5.91 Å². The fraction of sp³-hybridized carbons (Fsp3) is 0.263. The van der Waals surface area contributed by atoms with Crippen molar-refractivity contribution < 1.29 is 14.0 Å². The zero-order valence-electron chi connectivity index (χ0n) is 13.7. The van der Waals surface area contributed by atoms with Crippen LogP contribution >= 0.6 is 0 Å². The third-order valence-electron chi connectivity index (χ3n) is 4.42. The van der Waals surface area contributed by atoms with Gasteiger partial charge >= 0.3 is 0 Å². The van der Waals surface area contributed by atoms with Gasteiger partial charge in [0, 0.05) is 17.8 Å². The fourth-order valence-electron chi connectivity index (χ4n) is 2.81. The molecule has 0 bridgehead atoms. The van der Waals surface area contributed by atoms with Gasteiger partial charge in [-0.15, -0.1) is 0 Å². The van der Waals surface area contributed by atoms with Crippen molar-refractivity contribution in [1.29, 1.82) is 0 Å². The Labute approximate surface area is 140 Å². The first kappa shape index (κ1) is 16.2. The summed E-state index contributed by atoms with van der Waals surface area (Å²) in [6.07, 6.45) is 0.554. The number of hydrogen-bond donors (Lipinski definition) is 1. The molecule has 1 heterocycles. The highest BCUT2D eigenvalue weighted by Crippen LogP contribution is 2.24. The van der Waals surface area contributed by atoms with E-state index in [1.807, 2.05) is 32.0 Å². The summed E-state index contributed by atoms with van der Waals surface area (Å²) in [6.45, 7) is 4.60. The molecule has 2 aromatic rings. The number of carbonyl (C=O) groups is 2. The van der Waals surface area contributed by atoms with E-state index in [9.17, 15) is 14.0 Å².